The van der Waals surface area contributed by atoms with Crippen molar-refractivity contribution in [3.8, 4) is 0 Å². The number of nitrogens with zero attached hydrogens (tertiary/aromatic N) is 1. The standard InChI is InChI=1S/C21H26N2O4S/c1-17(24)19-10-12-20(13-11-19)28(26,27)23(2)16-6-9-21(25)22-15-14-18-7-4-3-5-8-18/h3-5,7-8,10-13H,6,9,14-16H2,1-2H3,(H,22,25). The summed E-state index contributed by atoms with van der Waals surface area (Å²) in [6, 6.07) is 15.8. The molecule has 0 heterocycles. The first-order valence-corrected chi connectivity index (χ1v) is 10.6. The highest BCUT2D eigenvalue weighted by atomic mass is 32.2. The van der Waals surface area contributed by atoms with Crippen LogP contribution in [0.1, 0.15) is 35.7 Å². The summed E-state index contributed by atoms with van der Waals surface area (Å²) in [5.74, 6) is -0.205. The highest BCUT2D eigenvalue weighted by Crippen LogP contribution is 2.16. The van der Waals surface area contributed by atoms with Gasteiger partial charge < -0.3 is 5.32 Å². The van der Waals surface area contributed by atoms with Crippen LogP contribution < -0.4 is 5.32 Å². The number of hydrogen-bond donors (Lipinski definition) is 1. The highest BCUT2D eigenvalue weighted by Gasteiger charge is 2.20. The van der Waals surface area contributed by atoms with Crippen LogP contribution in [-0.2, 0) is 21.2 Å². The minimum Gasteiger partial charge on any atom is -0.356 e. The zero-order chi connectivity index (χ0) is 20.6. The van der Waals surface area contributed by atoms with Gasteiger partial charge in [-0.1, -0.05) is 42.5 Å². The van der Waals surface area contributed by atoms with Crippen LogP contribution in [0.5, 0.6) is 0 Å². The molecule has 0 fully saturated rings. The van der Waals surface area contributed by atoms with Crippen molar-refractivity contribution in [2.45, 2.75) is 31.1 Å². The molecule has 150 valence electrons. The van der Waals surface area contributed by atoms with Crippen molar-refractivity contribution in [3.63, 3.8) is 0 Å². The first kappa shape index (κ1) is 21.8. The van der Waals surface area contributed by atoms with Crippen LogP contribution in [0.15, 0.2) is 59.5 Å². The molecule has 0 unspecified atom stereocenters. The fourth-order valence-corrected chi connectivity index (χ4v) is 3.91. The Kier molecular flexibility index (Phi) is 7.90. The summed E-state index contributed by atoms with van der Waals surface area (Å²) in [6.45, 7) is 2.23. The number of carbonyl (C=O) groups excluding carboxylic acids is 2. The number of benzene rings is 2. The average Bonchev–Trinajstić information content (AvgIpc) is 2.68. The normalized spacial score (nSPS) is 11.4. The molecule has 0 radical (unpaired) electrons. The maximum atomic E-state index is 12.6. The lowest BCUT2D eigenvalue weighted by Gasteiger charge is -2.17. The molecular formula is C21H26N2O4S. The minimum atomic E-state index is -3.64. The molecule has 28 heavy (non-hydrogen) atoms. The lowest BCUT2D eigenvalue weighted by atomic mass is 10.1. The van der Waals surface area contributed by atoms with Crippen molar-refractivity contribution in [1.29, 1.82) is 0 Å². The molecular weight excluding hydrogens is 376 g/mol. The second-order valence-electron chi connectivity index (χ2n) is 6.60. The van der Waals surface area contributed by atoms with Gasteiger partial charge in [-0.3, -0.25) is 9.59 Å². The zero-order valence-corrected chi connectivity index (χ0v) is 17.0. The van der Waals surface area contributed by atoms with E-state index in [0.29, 0.717) is 18.5 Å². The minimum absolute atomic E-state index is 0.0902. The van der Waals surface area contributed by atoms with E-state index in [-0.39, 0.29) is 29.6 Å². The van der Waals surface area contributed by atoms with Gasteiger partial charge in [-0.2, -0.15) is 0 Å². The molecule has 0 spiro atoms. The van der Waals surface area contributed by atoms with E-state index in [0.717, 1.165) is 12.0 Å². The first-order valence-electron chi connectivity index (χ1n) is 9.18. The molecule has 2 aromatic carbocycles. The number of rotatable bonds is 10. The third-order valence-electron chi connectivity index (χ3n) is 4.42. The molecule has 0 aliphatic rings. The van der Waals surface area contributed by atoms with Crippen molar-refractivity contribution < 1.29 is 18.0 Å². The van der Waals surface area contributed by atoms with Crippen LogP contribution >= 0.6 is 0 Å². The Morgan fingerprint density at radius 2 is 1.64 bits per heavy atom. The summed E-state index contributed by atoms with van der Waals surface area (Å²) in [5, 5.41) is 2.85. The lowest BCUT2D eigenvalue weighted by molar-refractivity contribution is -0.121. The molecule has 0 aliphatic heterocycles. The number of carbonyl (C=O) groups is 2. The quantitative estimate of drug-likeness (QED) is 0.619. The Morgan fingerprint density at radius 1 is 1.00 bits per heavy atom. The summed E-state index contributed by atoms with van der Waals surface area (Å²) in [4.78, 5) is 23.4. The van der Waals surface area contributed by atoms with Crippen molar-refractivity contribution in [2.24, 2.45) is 0 Å². The van der Waals surface area contributed by atoms with Crippen molar-refractivity contribution in [1.82, 2.24) is 9.62 Å². The second-order valence-corrected chi connectivity index (χ2v) is 8.64. The highest BCUT2D eigenvalue weighted by molar-refractivity contribution is 7.89. The van der Waals surface area contributed by atoms with Gasteiger partial charge in [-0.25, -0.2) is 12.7 Å². The Labute approximate surface area is 166 Å². The van der Waals surface area contributed by atoms with Crippen LogP contribution in [0.25, 0.3) is 0 Å². The third kappa shape index (κ3) is 6.28. The van der Waals surface area contributed by atoms with Crippen molar-refractivity contribution >= 4 is 21.7 Å². The van der Waals surface area contributed by atoms with E-state index in [2.05, 4.69) is 5.32 Å². The summed E-state index contributed by atoms with van der Waals surface area (Å²) in [5.41, 5.74) is 1.62. The molecule has 2 rings (SSSR count). The van der Waals surface area contributed by atoms with E-state index in [1.165, 1.54) is 42.5 Å². The lowest BCUT2D eigenvalue weighted by Crippen LogP contribution is -2.30. The number of hydrogen-bond acceptors (Lipinski definition) is 4. The maximum absolute atomic E-state index is 12.6. The Hall–Kier alpha value is -2.51. The maximum Gasteiger partial charge on any atom is 0.242 e. The van der Waals surface area contributed by atoms with E-state index >= 15 is 0 Å². The Bertz CT molecular complexity index is 894. The van der Waals surface area contributed by atoms with Gasteiger partial charge in [0, 0.05) is 32.1 Å². The first-order chi connectivity index (χ1) is 13.3. The summed E-state index contributed by atoms with van der Waals surface area (Å²) in [7, 11) is -2.15. The molecule has 0 bridgehead atoms. The van der Waals surface area contributed by atoms with E-state index in [1.807, 2.05) is 30.3 Å². The number of ketones is 1. The topological polar surface area (TPSA) is 83.6 Å². The predicted octanol–water partition coefficient (Wildman–Crippen LogP) is 2.65. The molecule has 1 amide bonds. The summed E-state index contributed by atoms with van der Waals surface area (Å²) in [6.07, 6.45) is 1.45. The van der Waals surface area contributed by atoms with Gasteiger partial charge in [-0.15, -0.1) is 0 Å². The molecule has 0 aliphatic carbocycles. The summed E-state index contributed by atoms with van der Waals surface area (Å²) < 4.78 is 26.3. The second kappa shape index (κ2) is 10.1. The van der Waals surface area contributed by atoms with Crippen LogP contribution in [0.4, 0.5) is 0 Å². The molecule has 0 saturated carbocycles. The predicted molar refractivity (Wildman–Crippen MR) is 109 cm³/mol. The number of sulfonamides is 1. The van der Waals surface area contributed by atoms with E-state index in [1.54, 1.807) is 0 Å². The van der Waals surface area contributed by atoms with Crippen LogP contribution in [0.2, 0.25) is 0 Å². The van der Waals surface area contributed by atoms with Crippen molar-refractivity contribution in [3.05, 3.63) is 65.7 Å². The fraction of sp³-hybridized carbons (Fsp3) is 0.333. The van der Waals surface area contributed by atoms with Gasteiger partial charge in [-0.05, 0) is 37.5 Å². The fourth-order valence-electron chi connectivity index (χ4n) is 2.70. The van der Waals surface area contributed by atoms with Gasteiger partial charge in [0.15, 0.2) is 5.78 Å². The average molecular weight is 403 g/mol. The van der Waals surface area contributed by atoms with E-state index < -0.39 is 10.0 Å². The van der Waals surface area contributed by atoms with Gasteiger partial charge in [0.2, 0.25) is 15.9 Å². The van der Waals surface area contributed by atoms with Crippen molar-refractivity contribution in [2.75, 3.05) is 20.1 Å². The molecule has 6 nitrogen and oxygen atoms in total. The van der Waals surface area contributed by atoms with Gasteiger partial charge in [0.1, 0.15) is 0 Å². The zero-order valence-electron chi connectivity index (χ0n) is 16.2. The number of Topliss-reactive ketones (excluding diaryl/α,β-unsaturated/α-hetero) is 1. The van der Waals surface area contributed by atoms with E-state index in [9.17, 15) is 18.0 Å². The SMILES string of the molecule is CC(=O)c1ccc(S(=O)(=O)N(C)CCCC(=O)NCCc2ccccc2)cc1. The van der Waals surface area contributed by atoms with Crippen LogP contribution in [0.3, 0.4) is 0 Å². The number of amides is 1. The van der Waals surface area contributed by atoms with E-state index in [4.69, 9.17) is 0 Å². The molecule has 1 N–H and O–H groups in total. The van der Waals surface area contributed by atoms with Gasteiger partial charge >= 0.3 is 0 Å². The molecule has 0 atom stereocenters. The smallest absolute Gasteiger partial charge is 0.242 e. The molecule has 0 aromatic heterocycles. The monoisotopic (exact) mass is 402 g/mol. The molecule has 2 aromatic rings. The third-order valence-corrected chi connectivity index (χ3v) is 6.30. The van der Waals surface area contributed by atoms with Gasteiger partial charge in [0.05, 0.1) is 4.90 Å². The number of nitrogens with one attached hydrogen (secondary N) is 1. The van der Waals surface area contributed by atoms with Crippen LogP contribution in [0, 0.1) is 0 Å². The molecule has 0 saturated heterocycles. The largest absolute Gasteiger partial charge is 0.356 e. The Morgan fingerprint density at radius 3 is 2.25 bits per heavy atom. The van der Waals surface area contributed by atoms with Crippen LogP contribution in [-0.4, -0.2) is 44.6 Å². The Balaban J connectivity index is 1.76. The van der Waals surface area contributed by atoms with Gasteiger partial charge in [0.25, 0.3) is 0 Å². The summed E-state index contributed by atoms with van der Waals surface area (Å²) >= 11 is 0. The molecule has 7 heteroatoms.